The van der Waals surface area contributed by atoms with Crippen LogP contribution in [-0.2, 0) is 9.63 Å². The molecule has 5 heteroatoms. The molecule has 1 unspecified atom stereocenters. The number of likely N-dealkylation sites (N-methyl/N-ethyl adjacent to an activating group) is 1. The Labute approximate surface area is 124 Å². The van der Waals surface area contributed by atoms with Crippen molar-refractivity contribution in [3.8, 4) is 0 Å². The van der Waals surface area contributed by atoms with E-state index < -0.39 is 0 Å². The average molecular weight is 292 g/mol. The predicted octanol–water partition coefficient (Wildman–Crippen LogP) is 2.82. The number of hydrogen-bond donors (Lipinski definition) is 0. The van der Waals surface area contributed by atoms with E-state index in [4.69, 9.17) is 4.84 Å². The highest BCUT2D eigenvalue weighted by Gasteiger charge is 2.25. The number of carbonyl (C=O) groups excluding carboxylic acids is 1. The van der Waals surface area contributed by atoms with Gasteiger partial charge in [0.1, 0.15) is 5.82 Å². The molecule has 2 rings (SSSR count). The van der Waals surface area contributed by atoms with Crippen LogP contribution in [0.25, 0.3) is 0 Å². The monoisotopic (exact) mass is 292 g/mol. The van der Waals surface area contributed by atoms with Crippen LogP contribution in [0.3, 0.4) is 0 Å². The van der Waals surface area contributed by atoms with Crippen LogP contribution < -0.4 is 0 Å². The molecular weight excluding hydrogens is 271 g/mol. The van der Waals surface area contributed by atoms with E-state index in [1.54, 1.807) is 24.1 Å². The molecule has 4 nitrogen and oxygen atoms in total. The molecule has 21 heavy (non-hydrogen) atoms. The van der Waals surface area contributed by atoms with E-state index in [1.165, 1.54) is 12.1 Å². The fourth-order valence-corrected chi connectivity index (χ4v) is 2.25. The Balaban J connectivity index is 1.87. The number of hydrogen-bond acceptors (Lipinski definition) is 3. The van der Waals surface area contributed by atoms with Gasteiger partial charge in [-0.2, -0.15) is 0 Å². The maximum Gasteiger partial charge on any atom is 0.222 e. The van der Waals surface area contributed by atoms with Gasteiger partial charge >= 0.3 is 0 Å². The molecular formula is C16H21FN2O2. The minimum absolute atomic E-state index is 0.115. The van der Waals surface area contributed by atoms with E-state index in [2.05, 4.69) is 5.16 Å². The zero-order chi connectivity index (χ0) is 15.4. The molecule has 1 amide bonds. The molecule has 1 aromatic carbocycles. The Morgan fingerprint density at radius 1 is 1.43 bits per heavy atom. The van der Waals surface area contributed by atoms with E-state index >= 15 is 0 Å². The van der Waals surface area contributed by atoms with Crippen LogP contribution in [0.15, 0.2) is 29.4 Å². The van der Waals surface area contributed by atoms with Crippen molar-refractivity contribution in [1.82, 2.24) is 4.90 Å². The molecule has 0 N–H and O–H groups in total. The zero-order valence-corrected chi connectivity index (χ0v) is 12.7. The summed E-state index contributed by atoms with van der Waals surface area (Å²) in [7, 11) is 1.78. The summed E-state index contributed by atoms with van der Waals surface area (Å²) in [4.78, 5) is 19.0. The number of rotatable bonds is 5. The van der Waals surface area contributed by atoms with Crippen molar-refractivity contribution >= 4 is 11.6 Å². The second-order valence-electron chi connectivity index (χ2n) is 5.85. The quantitative estimate of drug-likeness (QED) is 0.837. The van der Waals surface area contributed by atoms with Crippen LogP contribution >= 0.6 is 0 Å². The van der Waals surface area contributed by atoms with Gasteiger partial charge in [0.15, 0.2) is 6.10 Å². The molecule has 1 aromatic rings. The lowest BCUT2D eigenvalue weighted by atomic mass is 10.0. The number of carbonyl (C=O) groups is 1. The first-order valence-electron chi connectivity index (χ1n) is 7.18. The van der Waals surface area contributed by atoms with E-state index in [0.29, 0.717) is 25.3 Å². The molecule has 1 aliphatic heterocycles. The highest BCUT2D eigenvalue weighted by molar-refractivity contribution is 6.01. The molecule has 0 saturated heterocycles. The summed E-state index contributed by atoms with van der Waals surface area (Å²) >= 11 is 0. The summed E-state index contributed by atoms with van der Waals surface area (Å²) < 4.78 is 12.9. The third-order valence-electron chi connectivity index (χ3n) is 3.40. The van der Waals surface area contributed by atoms with Crippen LogP contribution in [-0.4, -0.2) is 36.2 Å². The Morgan fingerprint density at radius 2 is 2.10 bits per heavy atom. The van der Waals surface area contributed by atoms with Gasteiger partial charge in [-0.15, -0.1) is 0 Å². The summed E-state index contributed by atoms with van der Waals surface area (Å²) in [5.41, 5.74) is 1.65. The lowest BCUT2D eigenvalue weighted by molar-refractivity contribution is -0.132. The zero-order valence-electron chi connectivity index (χ0n) is 12.7. The lowest BCUT2D eigenvalue weighted by Crippen LogP contribution is -2.35. The van der Waals surface area contributed by atoms with Gasteiger partial charge in [-0.1, -0.05) is 31.1 Å². The fourth-order valence-electron chi connectivity index (χ4n) is 2.25. The first kappa shape index (κ1) is 15.5. The third kappa shape index (κ3) is 4.28. The van der Waals surface area contributed by atoms with Crippen molar-refractivity contribution in [2.45, 2.75) is 32.8 Å². The van der Waals surface area contributed by atoms with Crippen molar-refractivity contribution in [2.75, 3.05) is 13.6 Å². The van der Waals surface area contributed by atoms with Crippen LogP contribution in [0.1, 0.15) is 32.3 Å². The topological polar surface area (TPSA) is 41.9 Å². The predicted molar refractivity (Wildman–Crippen MR) is 79.5 cm³/mol. The average Bonchev–Trinajstić information content (AvgIpc) is 2.87. The van der Waals surface area contributed by atoms with Gasteiger partial charge in [0.05, 0.1) is 12.3 Å². The summed E-state index contributed by atoms with van der Waals surface area (Å²) in [5, 5.41) is 4.05. The molecule has 0 aliphatic carbocycles. The van der Waals surface area contributed by atoms with E-state index in [1.807, 2.05) is 13.8 Å². The van der Waals surface area contributed by atoms with Gasteiger partial charge in [-0.05, 0) is 23.6 Å². The van der Waals surface area contributed by atoms with Crippen LogP contribution in [0.4, 0.5) is 4.39 Å². The van der Waals surface area contributed by atoms with Gasteiger partial charge in [0, 0.05) is 19.9 Å². The van der Waals surface area contributed by atoms with Crippen LogP contribution in [0.5, 0.6) is 0 Å². The maximum atomic E-state index is 12.9. The minimum atomic E-state index is -0.270. The molecule has 0 bridgehead atoms. The fraction of sp³-hybridized carbons (Fsp3) is 0.500. The maximum absolute atomic E-state index is 12.9. The Hall–Kier alpha value is -1.91. The van der Waals surface area contributed by atoms with Gasteiger partial charge in [0.2, 0.25) is 5.91 Å². The van der Waals surface area contributed by atoms with Gasteiger partial charge in [-0.3, -0.25) is 4.79 Å². The molecule has 0 fully saturated rings. The molecule has 0 spiro atoms. The number of oxime groups is 1. The van der Waals surface area contributed by atoms with Gasteiger partial charge < -0.3 is 9.74 Å². The second kappa shape index (κ2) is 6.70. The largest absolute Gasteiger partial charge is 0.390 e. The van der Waals surface area contributed by atoms with Crippen LogP contribution in [0.2, 0.25) is 0 Å². The molecule has 1 aliphatic rings. The Kier molecular flexibility index (Phi) is 4.94. The highest BCUT2D eigenvalue weighted by Crippen LogP contribution is 2.18. The SMILES string of the molecule is CC(C)CC(=O)N(C)CC1CC(c2ccc(F)cc2)=NO1. The number of nitrogens with zero attached hydrogens (tertiary/aromatic N) is 2. The number of amides is 1. The minimum Gasteiger partial charge on any atom is -0.390 e. The first-order valence-corrected chi connectivity index (χ1v) is 7.18. The van der Waals surface area contributed by atoms with E-state index in [0.717, 1.165) is 11.3 Å². The van der Waals surface area contributed by atoms with Crippen molar-refractivity contribution in [2.24, 2.45) is 11.1 Å². The molecule has 1 heterocycles. The first-order chi connectivity index (χ1) is 9.95. The van der Waals surface area contributed by atoms with E-state index in [-0.39, 0.29) is 17.8 Å². The molecule has 0 aromatic heterocycles. The van der Waals surface area contributed by atoms with Crippen molar-refractivity contribution in [3.05, 3.63) is 35.6 Å². The summed E-state index contributed by atoms with van der Waals surface area (Å²) in [6.45, 7) is 4.56. The third-order valence-corrected chi connectivity index (χ3v) is 3.40. The van der Waals surface area contributed by atoms with Crippen LogP contribution in [0, 0.1) is 11.7 Å². The summed E-state index contributed by atoms with van der Waals surface area (Å²) in [6, 6.07) is 6.19. The standard InChI is InChI=1S/C16H21FN2O2/c1-11(2)8-16(20)19(3)10-14-9-15(18-21-14)12-4-6-13(17)7-5-12/h4-7,11,14H,8-10H2,1-3H3. The second-order valence-corrected chi connectivity index (χ2v) is 5.85. The van der Waals surface area contributed by atoms with Gasteiger partial charge in [-0.25, -0.2) is 4.39 Å². The molecule has 0 radical (unpaired) electrons. The number of benzene rings is 1. The molecule has 1 atom stereocenters. The van der Waals surface area contributed by atoms with Gasteiger partial charge in [0.25, 0.3) is 0 Å². The lowest BCUT2D eigenvalue weighted by Gasteiger charge is -2.20. The number of halogens is 1. The van der Waals surface area contributed by atoms with Crippen molar-refractivity contribution in [1.29, 1.82) is 0 Å². The Bertz CT molecular complexity index is 526. The summed E-state index contributed by atoms with van der Waals surface area (Å²) in [5.74, 6) is 0.188. The molecule has 114 valence electrons. The molecule has 0 saturated carbocycles. The van der Waals surface area contributed by atoms with Crippen molar-refractivity contribution < 1.29 is 14.0 Å². The highest BCUT2D eigenvalue weighted by atomic mass is 19.1. The van der Waals surface area contributed by atoms with E-state index in [9.17, 15) is 9.18 Å². The smallest absolute Gasteiger partial charge is 0.222 e. The normalized spacial score (nSPS) is 17.6. The van der Waals surface area contributed by atoms with Crippen molar-refractivity contribution in [3.63, 3.8) is 0 Å². The summed E-state index contributed by atoms with van der Waals surface area (Å²) in [6.07, 6.45) is 1.03. The Morgan fingerprint density at radius 3 is 2.71 bits per heavy atom.